The molecule has 9 heteroatoms. The van der Waals surface area contributed by atoms with Crippen LogP contribution in [0.25, 0.3) is 0 Å². The maximum absolute atomic E-state index is 13.7. The van der Waals surface area contributed by atoms with Crippen molar-refractivity contribution in [2.24, 2.45) is 5.92 Å². The van der Waals surface area contributed by atoms with Gasteiger partial charge < -0.3 is 25.4 Å². The fourth-order valence-corrected chi connectivity index (χ4v) is 3.50. The van der Waals surface area contributed by atoms with Crippen LogP contribution in [-0.4, -0.2) is 52.1 Å². The quantitative estimate of drug-likeness (QED) is 0.444. The maximum atomic E-state index is 13.7. The van der Waals surface area contributed by atoms with Gasteiger partial charge in [0.05, 0.1) is 6.07 Å². The number of hydrogen-bond donors (Lipinski definition) is 3. The Morgan fingerprint density at radius 1 is 1.15 bits per heavy atom. The number of ether oxygens (including phenoxy) is 1. The van der Waals surface area contributed by atoms with Crippen LogP contribution in [0.3, 0.4) is 0 Å². The fourth-order valence-electron chi connectivity index (χ4n) is 3.50. The minimum Gasteiger partial charge on any atom is -0.508 e. The third-order valence-corrected chi connectivity index (χ3v) is 5.03. The molecule has 3 amide bonds. The van der Waals surface area contributed by atoms with Crippen LogP contribution < -0.4 is 10.6 Å². The van der Waals surface area contributed by atoms with E-state index in [9.17, 15) is 24.8 Å². The molecule has 0 spiro atoms. The molecule has 0 fully saturated rings. The number of nitrogens with zero attached hydrogens (tertiary/aromatic N) is 2. The van der Waals surface area contributed by atoms with E-state index in [1.165, 1.54) is 12.1 Å². The van der Waals surface area contributed by atoms with Gasteiger partial charge in [0.15, 0.2) is 0 Å². The Morgan fingerprint density at radius 2 is 1.76 bits per heavy atom. The van der Waals surface area contributed by atoms with Gasteiger partial charge in [-0.15, -0.1) is 0 Å². The first-order chi connectivity index (χ1) is 15.8. The van der Waals surface area contributed by atoms with Crippen molar-refractivity contribution >= 4 is 17.9 Å². The lowest BCUT2D eigenvalue weighted by atomic mass is 9.98. The largest absolute Gasteiger partial charge is 0.508 e. The summed E-state index contributed by atoms with van der Waals surface area (Å²) in [6.07, 6.45) is 0.788. The number of carbonyl (C=O) groups is 3. The number of carbonyl (C=O) groups excluding carboxylic acids is 3. The number of rotatable bonds is 10. The van der Waals surface area contributed by atoms with Gasteiger partial charge in [0.2, 0.25) is 11.8 Å². The number of alkyl carbamates (subject to hydrolysis) is 1. The van der Waals surface area contributed by atoms with Gasteiger partial charge in [0, 0.05) is 11.6 Å². The highest BCUT2D eigenvalue weighted by molar-refractivity contribution is 5.93. The van der Waals surface area contributed by atoms with Crippen LogP contribution in [0.4, 0.5) is 4.79 Å². The number of phenols is 1. The second-order valence-electron chi connectivity index (χ2n) is 9.65. The topological polar surface area (TPSA) is 132 Å². The van der Waals surface area contributed by atoms with Crippen LogP contribution in [0.1, 0.15) is 72.9 Å². The Hall–Kier alpha value is -3.28. The Balaban J connectivity index is 3.43. The van der Waals surface area contributed by atoms with Crippen molar-refractivity contribution in [2.75, 3.05) is 6.54 Å². The van der Waals surface area contributed by atoms with Crippen molar-refractivity contribution in [1.29, 1.82) is 5.26 Å². The molecule has 3 atom stereocenters. The Bertz CT molecular complexity index is 888. The van der Waals surface area contributed by atoms with Gasteiger partial charge in [0.1, 0.15) is 30.0 Å². The summed E-state index contributed by atoms with van der Waals surface area (Å²) in [7, 11) is 0. The predicted octanol–water partition coefficient (Wildman–Crippen LogP) is 3.64. The van der Waals surface area contributed by atoms with Crippen LogP contribution in [0.5, 0.6) is 5.75 Å². The van der Waals surface area contributed by atoms with Crippen LogP contribution in [0.2, 0.25) is 0 Å². The van der Waals surface area contributed by atoms with Crippen molar-refractivity contribution < 1.29 is 24.2 Å². The summed E-state index contributed by atoms with van der Waals surface area (Å²) in [4.78, 5) is 40.5. The molecule has 0 aliphatic heterocycles. The molecule has 0 bridgehead atoms. The summed E-state index contributed by atoms with van der Waals surface area (Å²) in [5.74, 6) is -1.70. The number of benzene rings is 1. The van der Waals surface area contributed by atoms with Gasteiger partial charge in [-0.25, -0.2) is 4.79 Å². The molecule has 34 heavy (non-hydrogen) atoms. The Morgan fingerprint density at radius 3 is 2.26 bits per heavy atom. The minimum atomic E-state index is -1.27. The van der Waals surface area contributed by atoms with E-state index in [0.717, 1.165) is 17.7 Å². The van der Waals surface area contributed by atoms with E-state index in [4.69, 9.17) is 4.74 Å². The van der Waals surface area contributed by atoms with E-state index in [0.29, 0.717) is 0 Å². The molecular formula is C25H38N4O5. The molecule has 0 radical (unpaired) electrons. The first kappa shape index (κ1) is 28.8. The molecule has 188 valence electrons. The maximum Gasteiger partial charge on any atom is 0.408 e. The summed E-state index contributed by atoms with van der Waals surface area (Å²) >= 11 is 0. The third kappa shape index (κ3) is 8.58. The minimum absolute atomic E-state index is 0.175. The van der Waals surface area contributed by atoms with Gasteiger partial charge in [-0.3, -0.25) is 9.59 Å². The van der Waals surface area contributed by atoms with E-state index in [2.05, 4.69) is 10.6 Å². The zero-order valence-corrected chi connectivity index (χ0v) is 21.2. The molecule has 1 aromatic carbocycles. The zero-order chi connectivity index (χ0) is 26.1. The van der Waals surface area contributed by atoms with Gasteiger partial charge in [-0.2, -0.15) is 5.26 Å². The molecule has 0 aliphatic carbocycles. The first-order valence-corrected chi connectivity index (χ1v) is 11.6. The van der Waals surface area contributed by atoms with E-state index < -0.39 is 42.1 Å². The second kappa shape index (κ2) is 12.8. The average Bonchev–Trinajstić information content (AvgIpc) is 2.71. The molecule has 0 saturated heterocycles. The lowest BCUT2D eigenvalue weighted by molar-refractivity contribution is -0.142. The highest BCUT2D eigenvalue weighted by atomic mass is 16.6. The summed E-state index contributed by atoms with van der Waals surface area (Å²) in [5.41, 5.74) is -0.582. The summed E-state index contributed by atoms with van der Waals surface area (Å²) in [6, 6.07) is 5.62. The average molecular weight is 475 g/mol. The lowest BCUT2D eigenvalue weighted by Crippen LogP contribution is -2.55. The van der Waals surface area contributed by atoms with Crippen molar-refractivity contribution in [1.82, 2.24) is 15.5 Å². The van der Waals surface area contributed by atoms with Crippen molar-refractivity contribution in [3.05, 3.63) is 29.8 Å². The molecule has 9 nitrogen and oxygen atoms in total. The molecule has 0 saturated carbocycles. The summed E-state index contributed by atoms with van der Waals surface area (Å²) in [6.45, 7) is 12.0. The number of nitrogens with one attached hydrogen (secondary N) is 2. The van der Waals surface area contributed by atoms with E-state index in [1.54, 1.807) is 46.8 Å². The SMILES string of the molecule is CCCC(C)NC(=O)C(c1ccccc1O)N(CC#N)C(=O)C(NC(=O)OC(C)(C)C)C(C)C. The monoisotopic (exact) mass is 474 g/mol. The summed E-state index contributed by atoms with van der Waals surface area (Å²) < 4.78 is 5.29. The number of para-hydroxylation sites is 1. The number of amides is 3. The highest BCUT2D eigenvalue weighted by Gasteiger charge is 2.38. The van der Waals surface area contributed by atoms with Gasteiger partial charge in [0.25, 0.3) is 0 Å². The van der Waals surface area contributed by atoms with E-state index >= 15 is 0 Å². The van der Waals surface area contributed by atoms with Gasteiger partial charge in [-0.1, -0.05) is 45.4 Å². The zero-order valence-electron chi connectivity index (χ0n) is 21.2. The normalized spacial score (nSPS) is 13.9. The fraction of sp³-hybridized carbons (Fsp3) is 0.600. The predicted molar refractivity (Wildman–Crippen MR) is 129 cm³/mol. The highest BCUT2D eigenvalue weighted by Crippen LogP contribution is 2.30. The molecule has 0 heterocycles. The molecule has 1 rings (SSSR count). The second-order valence-corrected chi connectivity index (χ2v) is 9.65. The molecular weight excluding hydrogens is 436 g/mol. The lowest BCUT2D eigenvalue weighted by Gasteiger charge is -2.34. The van der Waals surface area contributed by atoms with Crippen LogP contribution in [0.15, 0.2) is 24.3 Å². The molecule has 3 N–H and O–H groups in total. The van der Waals surface area contributed by atoms with Crippen molar-refractivity contribution in [2.45, 2.75) is 85.0 Å². The summed E-state index contributed by atoms with van der Waals surface area (Å²) in [5, 5.41) is 25.5. The standard InChI is InChI=1S/C25H38N4O5/c1-8-11-17(4)27-22(31)21(18-12-9-10-13-19(18)30)29(15-14-26)23(32)20(16(2)3)28-24(33)34-25(5,6)7/h9-10,12-13,16-17,20-21,30H,8,11,15H2,1-7H3,(H,27,31)(H,28,33). The molecule has 1 aromatic rings. The number of hydrogen-bond acceptors (Lipinski definition) is 6. The molecule has 3 unspecified atom stereocenters. The Labute approximate surface area is 202 Å². The van der Waals surface area contributed by atoms with Gasteiger partial charge in [-0.05, 0) is 46.1 Å². The number of aromatic hydroxyl groups is 1. The van der Waals surface area contributed by atoms with E-state index in [-0.39, 0.29) is 23.3 Å². The van der Waals surface area contributed by atoms with Crippen molar-refractivity contribution in [3.63, 3.8) is 0 Å². The van der Waals surface area contributed by atoms with Gasteiger partial charge >= 0.3 is 6.09 Å². The van der Waals surface area contributed by atoms with Crippen LogP contribution in [0, 0.1) is 17.2 Å². The van der Waals surface area contributed by atoms with Crippen LogP contribution >= 0.6 is 0 Å². The molecule has 0 aromatic heterocycles. The number of nitriles is 1. The van der Waals surface area contributed by atoms with E-state index in [1.807, 2.05) is 19.9 Å². The third-order valence-electron chi connectivity index (χ3n) is 5.03. The molecule has 0 aliphatic rings. The first-order valence-electron chi connectivity index (χ1n) is 11.6. The number of phenolic OH excluding ortho intramolecular Hbond substituents is 1. The smallest absolute Gasteiger partial charge is 0.408 e. The van der Waals surface area contributed by atoms with Crippen molar-refractivity contribution in [3.8, 4) is 11.8 Å². The van der Waals surface area contributed by atoms with Crippen LogP contribution in [-0.2, 0) is 14.3 Å². The Kier molecular flexibility index (Phi) is 10.8.